The van der Waals surface area contributed by atoms with Gasteiger partial charge in [0, 0.05) is 18.7 Å². The summed E-state index contributed by atoms with van der Waals surface area (Å²) in [5.41, 5.74) is -0.00395. The fourth-order valence-electron chi connectivity index (χ4n) is 3.79. The number of rotatable bonds is 5. The van der Waals surface area contributed by atoms with Gasteiger partial charge in [-0.15, -0.1) is 0 Å². The number of ketones is 1. The molecule has 8 heteroatoms. The van der Waals surface area contributed by atoms with Crippen LogP contribution in [0.25, 0.3) is 11.2 Å². The Balaban J connectivity index is 1.80. The van der Waals surface area contributed by atoms with Crippen LogP contribution >= 0.6 is 0 Å². The highest BCUT2D eigenvalue weighted by Crippen LogP contribution is 2.23. The van der Waals surface area contributed by atoms with Crippen molar-refractivity contribution in [2.24, 2.45) is 7.05 Å². The lowest BCUT2D eigenvalue weighted by molar-refractivity contribution is 0.0974. The molecule has 1 aliphatic carbocycles. The second-order valence-electron chi connectivity index (χ2n) is 7.28. The minimum atomic E-state index is -0.539. The Hall–Kier alpha value is -3.16. The smallest absolute Gasteiger partial charge is 0.329 e. The number of carbonyl (C=O) groups excluding carboxylic acids is 1. The van der Waals surface area contributed by atoms with Crippen LogP contribution in [0, 0.1) is 0 Å². The molecule has 2 heterocycles. The molecule has 0 amide bonds. The SMILES string of the molecule is Cn1c(=O)[nH]c(=O)c2c1nc(NC1CCCCC1)n2CC(=O)c1ccccc1. The number of H-pyrrole nitrogens is 1. The molecule has 2 N–H and O–H groups in total. The lowest BCUT2D eigenvalue weighted by Gasteiger charge is -2.23. The van der Waals surface area contributed by atoms with Crippen LogP contribution in [0.1, 0.15) is 42.5 Å². The Morgan fingerprint density at radius 2 is 1.89 bits per heavy atom. The Bertz CT molecular complexity index is 1120. The quantitative estimate of drug-likeness (QED) is 0.659. The van der Waals surface area contributed by atoms with E-state index in [0.717, 1.165) is 25.7 Å². The number of hydrogen-bond donors (Lipinski definition) is 2. The summed E-state index contributed by atoms with van der Waals surface area (Å²) in [7, 11) is 1.56. The molecule has 0 atom stereocenters. The van der Waals surface area contributed by atoms with Crippen molar-refractivity contribution < 1.29 is 4.79 Å². The number of hydrogen-bond acceptors (Lipinski definition) is 5. The molecule has 0 bridgehead atoms. The van der Waals surface area contributed by atoms with Crippen molar-refractivity contribution >= 4 is 22.9 Å². The Morgan fingerprint density at radius 1 is 1.18 bits per heavy atom. The normalized spacial score (nSPS) is 15.0. The number of aryl methyl sites for hydroxylation is 1. The van der Waals surface area contributed by atoms with Gasteiger partial charge >= 0.3 is 5.69 Å². The van der Waals surface area contributed by atoms with Crippen LogP contribution in [0.4, 0.5) is 5.95 Å². The molecule has 8 nitrogen and oxygen atoms in total. The van der Waals surface area contributed by atoms with E-state index in [1.807, 2.05) is 6.07 Å². The number of benzene rings is 1. The highest BCUT2D eigenvalue weighted by molar-refractivity contribution is 5.96. The van der Waals surface area contributed by atoms with Gasteiger partial charge in [-0.2, -0.15) is 4.98 Å². The molecular formula is C20H23N5O3. The third kappa shape index (κ3) is 3.37. The molecule has 3 aromatic rings. The molecule has 0 spiro atoms. The van der Waals surface area contributed by atoms with Gasteiger partial charge in [-0.05, 0) is 12.8 Å². The number of aromatic nitrogens is 4. The largest absolute Gasteiger partial charge is 0.353 e. The Morgan fingerprint density at radius 3 is 2.61 bits per heavy atom. The summed E-state index contributed by atoms with van der Waals surface area (Å²) in [5, 5.41) is 3.40. The predicted octanol–water partition coefficient (Wildman–Crippen LogP) is 2.05. The van der Waals surface area contributed by atoms with E-state index in [9.17, 15) is 14.4 Å². The zero-order valence-electron chi connectivity index (χ0n) is 15.8. The van der Waals surface area contributed by atoms with E-state index in [-0.39, 0.29) is 29.5 Å². The van der Waals surface area contributed by atoms with Crippen molar-refractivity contribution in [1.82, 2.24) is 19.1 Å². The standard InChI is InChI=1S/C20H23N5O3/c1-24-17-16(18(27)23-20(24)28)25(12-15(26)13-8-4-2-5-9-13)19(22-17)21-14-10-6-3-7-11-14/h2,4-5,8-9,14H,3,6-7,10-12H2,1H3,(H,21,22)(H,23,27,28). The molecule has 1 saturated carbocycles. The fraction of sp³-hybridized carbons (Fsp3) is 0.400. The molecule has 1 fully saturated rings. The molecule has 1 aliphatic rings. The summed E-state index contributed by atoms with van der Waals surface area (Å²) in [6.07, 6.45) is 5.53. The van der Waals surface area contributed by atoms with Gasteiger partial charge in [0.15, 0.2) is 16.9 Å². The number of carbonyl (C=O) groups is 1. The first kappa shape index (κ1) is 18.2. The van der Waals surface area contributed by atoms with Gasteiger partial charge in [-0.3, -0.25) is 23.7 Å². The molecule has 0 unspecified atom stereocenters. The summed E-state index contributed by atoms with van der Waals surface area (Å²) in [6.45, 7) is -0.0309. The number of nitrogens with zero attached hydrogens (tertiary/aromatic N) is 3. The predicted molar refractivity (Wildman–Crippen MR) is 107 cm³/mol. The minimum absolute atomic E-state index is 0.0309. The lowest BCUT2D eigenvalue weighted by Crippen LogP contribution is -2.30. The van der Waals surface area contributed by atoms with Gasteiger partial charge in [0.25, 0.3) is 5.56 Å². The van der Waals surface area contributed by atoms with E-state index in [2.05, 4.69) is 15.3 Å². The van der Waals surface area contributed by atoms with Crippen LogP contribution in [0.3, 0.4) is 0 Å². The van der Waals surface area contributed by atoms with Crippen molar-refractivity contribution in [3.63, 3.8) is 0 Å². The molecule has 2 aromatic heterocycles. The van der Waals surface area contributed by atoms with E-state index in [1.165, 1.54) is 11.0 Å². The van der Waals surface area contributed by atoms with Gasteiger partial charge < -0.3 is 5.32 Å². The summed E-state index contributed by atoms with van der Waals surface area (Å²) < 4.78 is 2.89. The summed E-state index contributed by atoms with van der Waals surface area (Å²) in [4.78, 5) is 44.1. The fourth-order valence-corrected chi connectivity index (χ4v) is 3.79. The average Bonchev–Trinajstić information content (AvgIpc) is 3.06. The van der Waals surface area contributed by atoms with Crippen molar-refractivity contribution in [2.45, 2.75) is 44.7 Å². The van der Waals surface area contributed by atoms with Crippen LogP contribution in [0.2, 0.25) is 0 Å². The van der Waals surface area contributed by atoms with Crippen LogP contribution < -0.4 is 16.6 Å². The zero-order chi connectivity index (χ0) is 19.7. The number of imidazole rings is 1. The van der Waals surface area contributed by atoms with Crippen molar-refractivity contribution in [2.75, 3.05) is 5.32 Å². The molecular weight excluding hydrogens is 358 g/mol. The van der Waals surface area contributed by atoms with Gasteiger partial charge in [0.05, 0.1) is 6.54 Å². The monoisotopic (exact) mass is 381 g/mol. The number of anilines is 1. The molecule has 0 aliphatic heterocycles. The van der Waals surface area contributed by atoms with Crippen LogP contribution in [0.15, 0.2) is 39.9 Å². The first-order chi connectivity index (χ1) is 13.5. The molecule has 0 saturated heterocycles. The van der Waals surface area contributed by atoms with E-state index in [1.54, 1.807) is 35.9 Å². The van der Waals surface area contributed by atoms with Gasteiger partial charge in [-0.1, -0.05) is 49.6 Å². The maximum Gasteiger partial charge on any atom is 0.329 e. The van der Waals surface area contributed by atoms with Crippen LogP contribution in [-0.4, -0.2) is 30.9 Å². The van der Waals surface area contributed by atoms with Crippen molar-refractivity contribution in [3.8, 4) is 0 Å². The van der Waals surface area contributed by atoms with E-state index in [4.69, 9.17) is 0 Å². The summed E-state index contributed by atoms with van der Waals surface area (Å²) >= 11 is 0. The van der Waals surface area contributed by atoms with E-state index >= 15 is 0 Å². The number of aromatic amines is 1. The topological polar surface area (TPSA) is 102 Å². The minimum Gasteiger partial charge on any atom is -0.353 e. The highest BCUT2D eigenvalue weighted by atomic mass is 16.2. The molecule has 0 radical (unpaired) electrons. The molecule has 146 valence electrons. The number of Topliss-reactive ketones (excluding diaryl/α,β-unsaturated/α-hetero) is 1. The van der Waals surface area contributed by atoms with E-state index < -0.39 is 11.2 Å². The first-order valence-electron chi connectivity index (χ1n) is 9.59. The highest BCUT2D eigenvalue weighted by Gasteiger charge is 2.22. The number of nitrogens with one attached hydrogen (secondary N) is 2. The Kier molecular flexibility index (Phi) is 4.85. The second kappa shape index (κ2) is 7.46. The van der Waals surface area contributed by atoms with Crippen LogP contribution in [0.5, 0.6) is 0 Å². The lowest BCUT2D eigenvalue weighted by atomic mass is 9.96. The third-order valence-electron chi connectivity index (χ3n) is 5.34. The Labute approximate surface area is 161 Å². The van der Waals surface area contributed by atoms with Gasteiger partial charge in [-0.25, -0.2) is 4.79 Å². The third-order valence-corrected chi connectivity index (χ3v) is 5.34. The van der Waals surface area contributed by atoms with Gasteiger partial charge in [0.2, 0.25) is 5.95 Å². The van der Waals surface area contributed by atoms with E-state index in [0.29, 0.717) is 11.5 Å². The zero-order valence-corrected chi connectivity index (χ0v) is 15.8. The maximum absolute atomic E-state index is 12.8. The van der Waals surface area contributed by atoms with Crippen molar-refractivity contribution in [3.05, 3.63) is 56.7 Å². The summed E-state index contributed by atoms with van der Waals surface area (Å²) in [6, 6.07) is 9.19. The maximum atomic E-state index is 12.8. The molecule has 1 aromatic carbocycles. The van der Waals surface area contributed by atoms with Gasteiger partial charge in [0.1, 0.15) is 0 Å². The summed E-state index contributed by atoms with van der Waals surface area (Å²) in [5.74, 6) is 0.331. The first-order valence-corrected chi connectivity index (χ1v) is 9.59. The number of fused-ring (bicyclic) bond motifs is 1. The average molecular weight is 381 g/mol. The van der Waals surface area contributed by atoms with Crippen molar-refractivity contribution in [1.29, 1.82) is 0 Å². The molecule has 4 rings (SSSR count). The van der Waals surface area contributed by atoms with Crippen LogP contribution in [-0.2, 0) is 13.6 Å². The second-order valence-corrected chi connectivity index (χ2v) is 7.28. The molecule has 28 heavy (non-hydrogen) atoms.